The first-order valence-corrected chi connectivity index (χ1v) is 9.05. The van der Waals surface area contributed by atoms with E-state index < -0.39 is 0 Å². The van der Waals surface area contributed by atoms with Crippen molar-refractivity contribution in [2.75, 3.05) is 26.2 Å². The molecule has 1 aromatic rings. The third-order valence-electron chi connectivity index (χ3n) is 5.08. The predicted octanol–water partition coefficient (Wildman–Crippen LogP) is 1.66. The van der Waals surface area contributed by atoms with Crippen molar-refractivity contribution >= 4 is 11.8 Å². The Morgan fingerprint density at radius 2 is 1.75 bits per heavy atom. The summed E-state index contributed by atoms with van der Waals surface area (Å²) < 4.78 is 0. The maximum absolute atomic E-state index is 12.5. The zero-order valence-electron chi connectivity index (χ0n) is 14.2. The maximum Gasteiger partial charge on any atom is 0.225 e. The van der Waals surface area contributed by atoms with Crippen molar-refractivity contribution in [1.82, 2.24) is 19.8 Å². The van der Waals surface area contributed by atoms with Gasteiger partial charge in [-0.3, -0.25) is 19.6 Å². The molecular weight excluding hydrogens is 304 g/mol. The molecule has 0 unspecified atom stereocenters. The SMILES string of the molecule is O=C(CCc1cnccn1)N1CCC(C(=O)N2CCCCC2)CC1. The number of carbonyl (C=O) groups excluding carboxylic acids is 2. The third kappa shape index (κ3) is 4.30. The molecule has 6 nitrogen and oxygen atoms in total. The number of likely N-dealkylation sites (tertiary alicyclic amines) is 2. The van der Waals surface area contributed by atoms with Gasteiger partial charge in [-0.2, -0.15) is 0 Å². The van der Waals surface area contributed by atoms with Crippen LogP contribution in [0.15, 0.2) is 18.6 Å². The lowest BCUT2D eigenvalue weighted by atomic mass is 9.94. The Bertz CT molecular complexity index is 549. The maximum atomic E-state index is 12.5. The van der Waals surface area contributed by atoms with Gasteiger partial charge in [-0.15, -0.1) is 0 Å². The fraction of sp³-hybridized carbons (Fsp3) is 0.667. The van der Waals surface area contributed by atoms with E-state index in [1.165, 1.54) is 6.42 Å². The van der Waals surface area contributed by atoms with Crippen molar-refractivity contribution in [2.45, 2.75) is 44.9 Å². The van der Waals surface area contributed by atoms with Crippen molar-refractivity contribution in [1.29, 1.82) is 0 Å². The van der Waals surface area contributed by atoms with Crippen LogP contribution in [0.2, 0.25) is 0 Å². The summed E-state index contributed by atoms with van der Waals surface area (Å²) in [6, 6.07) is 0. The van der Waals surface area contributed by atoms with E-state index >= 15 is 0 Å². The van der Waals surface area contributed by atoms with Gasteiger partial charge in [0.25, 0.3) is 0 Å². The lowest BCUT2D eigenvalue weighted by molar-refractivity contribution is -0.141. The number of nitrogens with zero attached hydrogens (tertiary/aromatic N) is 4. The van der Waals surface area contributed by atoms with Crippen molar-refractivity contribution in [2.24, 2.45) is 5.92 Å². The van der Waals surface area contributed by atoms with Crippen molar-refractivity contribution in [3.63, 3.8) is 0 Å². The molecule has 2 aliphatic heterocycles. The second-order valence-corrected chi connectivity index (χ2v) is 6.74. The van der Waals surface area contributed by atoms with Crippen LogP contribution in [-0.4, -0.2) is 57.8 Å². The van der Waals surface area contributed by atoms with E-state index in [0.29, 0.717) is 31.8 Å². The summed E-state index contributed by atoms with van der Waals surface area (Å²) in [5.74, 6) is 0.568. The van der Waals surface area contributed by atoms with Crippen molar-refractivity contribution in [3.05, 3.63) is 24.3 Å². The van der Waals surface area contributed by atoms with Gasteiger partial charge in [0.05, 0.1) is 5.69 Å². The molecule has 2 aliphatic rings. The van der Waals surface area contributed by atoms with E-state index in [4.69, 9.17) is 0 Å². The topological polar surface area (TPSA) is 66.4 Å². The van der Waals surface area contributed by atoms with Crippen LogP contribution in [0.3, 0.4) is 0 Å². The summed E-state index contributed by atoms with van der Waals surface area (Å²) in [5.41, 5.74) is 0.848. The summed E-state index contributed by atoms with van der Waals surface area (Å²) in [4.78, 5) is 37.0. The minimum Gasteiger partial charge on any atom is -0.343 e. The van der Waals surface area contributed by atoms with Gasteiger partial charge in [0.2, 0.25) is 11.8 Å². The number of carbonyl (C=O) groups is 2. The molecule has 1 aromatic heterocycles. The quantitative estimate of drug-likeness (QED) is 0.842. The second-order valence-electron chi connectivity index (χ2n) is 6.74. The van der Waals surface area contributed by atoms with E-state index in [1.807, 2.05) is 9.80 Å². The first-order valence-electron chi connectivity index (χ1n) is 9.05. The number of aryl methyl sites for hydroxylation is 1. The summed E-state index contributed by atoms with van der Waals surface area (Å²) in [7, 11) is 0. The normalized spacial score (nSPS) is 19.3. The number of piperidine rings is 2. The first-order chi connectivity index (χ1) is 11.7. The first kappa shape index (κ1) is 16.9. The average Bonchev–Trinajstić information content (AvgIpc) is 2.67. The van der Waals surface area contributed by atoms with Gasteiger partial charge in [0.15, 0.2) is 0 Å². The van der Waals surface area contributed by atoms with Crippen molar-refractivity contribution in [3.8, 4) is 0 Å². The van der Waals surface area contributed by atoms with Crippen LogP contribution < -0.4 is 0 Å². The molecule has 2 fully saturated rings. The largest absolute Gasteiger partial charge is 0.343 e. The molecule has 24 heavy (non-hydrogen) atoms. The Hall–Kier alpha value is -1.98. The van der Waals surface area contributed by atoms with Gasteiger partial charge in [-0.25, -0.2) is 0 Å². The van der Waals surface area contributed by atoms with Crippen LogP contribution in [0.4, 0.5) is 0 Å². The van der Waals surface area contributed by atoms with Crippen LogP contribution in [0, 0.1) is 5.92 Å². The molecule has 0 N–H and O–H groups in total. The molecule has 0 radical (unpaired) electrons. The second kappa shape index (κ2) is 8.22. The van der Waals surface area contributed by atoms with E-state index in [2.05, 4.69) is 9.97 Å². The number of hydrogen-bond acceptors (Lipinski definition) is 4. The molecule has 3 rings (SSSR count). The smallest absolute Gasteiger partial charge is 0.225 e. The van der Waals surface area contributed by atoms with Gasteiger partial charge in [-0.05, 0) is 38.5 Å². The van der Waals surface area contributed by atoms with Gasteiger partial charge >= 0.3 is 0 Å². The summed E-state index contributed by atoms with van der Waals surface area (Å²) >= 11 is 0. The molecule has 2 saturated heterocycles. The van der Waals surface area contributed by atoms with Gasteiger partial charge in [0.1, 0.15) is 0 Å². The molecular formula is C18H26N4O2. The Labute approximate surface area is 143 Å². The number of rotatable bonds is 4. The van der Waals surface area contributed by atoms with Crippen LogP contribution in [0.25, 0.3) is 0 Å². The molecule has 0 atom stereocenters. The van der Waals surface area contributed by atoms with E-state index in [0.717, 1.165) is 44.5 Å². The Morgan fingerprint density at radius 3 is 2.42 bits per heavy atom. The van der Waals surface area contributed by atoms with E-state index in [9.17, 15) is 9.59 Å². The monoisotopic (exact) mass is 330 g/mol. The fourth-order valence-electron chi connectivity index (χ4n) is 3.60. The number of amides is 2. The molecule has 3 heterocycles. The molecule has 130 valence electrons. The predicted molar refractivity (Wildman–Crippen MR) is 90.1 cm³/mol. The van der Waals surface area contributed by atoms with E-state index in [-0.39, 0.29) is 11.8 Å². The number of aromatic nitrogens is 2. The molecule has 0 saturated carbocycles. The lowest BCUT2D eigenvalue weighted by Gasteiger charge is -2.35. The zero-order valence-corrected chi connectivity index (χ0v) is 14.2. The number of hydrogen-bond donors (Lipinski definition) is 0. The molecule has 2 amide bonds. The average molecular weight is 330 g/mol. The Balaban J connectivity index is 1.42. The molecule has 0 aliphatic carbocycles. The van der Waals surface area contributed by atoms with E-state index in [1.54, 1.807) is 18.6 Å². The van der Waals surface area contributed by atoms with Gasteiger partial charge in [0, 0.05) is 57.1 Å². The minimum atomic E-state index is 0.104. The highest BCUT2D eigenvalue weighted by Crippen LogP contribution is 2.22. The standard InChI is InChI=1S/C18H26N4O2/c23-17(5-4-16-14-19-8-9-20-16)21-12-6-15(7-13-21)18(24)22-10-2-1-3-11-22/h8-9,14-15H,1-7,10-13H2. The molecule has 6 heteroatoms. The fourth-order valence-corrected chi connectivity index (χ4v) is 3.60. The highest BCUT2D eigenvalue weighted by Gasteiger charge is 2.30. The third-order valence-corrected chi connectivity index (χ3v) is 5.08. The van der Waals surface area contributed by atoms with Gasteiger partial charge in [-0.1, -0.05) is 0 Å². The van der Waals surface area contributed by atoms with Crippen LogP contribution in [0.1, 0.15) is 44.2 Å². The van der Waals surface area contributed by atoms with Crippen LogP contribution in [0.5, 0.6) is 0 Å². The summed E-state index contributed by atoms with van der Waals surface area (Å²) in [5, 5.41) is 0. The summed E-state index contributed by atoms with van der Waals surface area (Å²) in [6.07, 6.45) is 11.2. The zero-order chi connectivity index (χ0) is 16.8. The Kier molecular flexibility index (Phi) is 5.77. The summed E-state index contributed by atoms with van der Waals surface area (Å²) in [6.45, 7) is 3.22. The Morgan fingerprint density at radius 1 is 1.00 bits per heavy atom. The highest BCUT2D eigenvalue weighted by atomic mass is 16.2. The van der Waals surface area contributed by atoms with Gasteiger partial charge < -0.3 is 9.80 Å². The highest BCUT2D eigenvalue weighted by molar-refractivity contribution is 5.80. The lowest BCUT2D eigenvalue weighted by Crippen LogP contribution is -2.45. The van der Waals surface area contributed by atoms with Crippen LogP contribution in [-0.2, 0) is 16.0 Å². The minimum absolute atomic E-state index is 0.104. The van der Waals surface area contributed by atoms with Crippen molar-refractivity contribution < 1.29 is 9.59 Å². The molecule has 0 bridgehead atoms. The van der Waals surface area contributed by atoms with Crippen LogP contribution >= 0.6 is 0 Å². The molecule has 0 spiro atoms. The molecule has 0 aromatic carbocycles.